The van der Waals surface area contributed by atoms with Gasteiger partial charge in [0.2, 0.25) is 11.8 Å². The van der Waals surface area contributed by atoms with E-state index < -0.39 is 5.92 Å². The molecule has 0 spiro atoms. The highest BCUT2D eigenvalue weighted by Crippen LogP contribution is 2.36. The molecule has 29 heavy (non-hydrogen) atoms. The van der Waals surface area contributed by atoms with E-state index >= 15 is 0 Å². The first kappa shape index (κ1) is 21.6. The summed E-state index contributed by atoms with van der Waals surface area (Å²) in [6.07, 6.45) is 0.187. The molecule has 2 aromatic carbocycles. The summed E-state index contributed by atoms with van der Waals surface area (Å²) >= 11 is 10.6. The zero-order valence-corrected chi connectivity index (χ0v) is 18.6. The lowest BCUT2D eigenvalue weighted by atomic mass is 9.83. The Morgan fingerprint density at radius 2 is 2.07 bits per heavy atom. The molecule has 5 nitrogen and oxygen atoms in total. The van der Waals surface area contributed by atoms with Gasteiger partial charge < -0.3 is 5.32 Å². The molecule has 1 N–H and O–H groups in total. The molecule has 148 valence electrons. The van der Waals surface area contributed by atoms with E-state index in [1.54, 1.807) is 18.2 Å². The summed E-state index contributed by atoms with van der Waals surface area (Å²) in [5.41, 5.74) is 2.53. The topological polar surface area (TPSA) is 82.3 Å². The van der Waals surface area contributed by atoms with Crippen LogP contribution in [0.15, 0.2) is 51.9 Å². The molecule has 2 amide bonds. The van der Waals surface area contributed by atoms with Crippen LogP contribution in [0.3, 0.4) is 0 Å². The third-order valence-corrected chi connectivity index (χ3v) is 6.35. The summed E-state index contributed by atoms with van der Waals surface area (Å²) in [4.78, 5) is 28.5. The molecular weight excluding hydrogens is 474 g/mol. The number of aliphatic imine (C=N–C) groups is 1. The summed E-state index contributed by atoms with van der Waals surface area (Å²) < 4.78 is 0.809. The van der Waals surface area contributed by atoms with Gasteiger partial charge in [-0.1, -0.05) is 69.1 Å². The minimum absolute atomic E-state index is 0.0251. The normalized spacial score (nSPS) is 18.7. The number of benzene rings is 2. The van der Waals surface area contributed by atoms with E-state index in [0.29, 0.717) is 15.8 Å². The number of nitrogens with zero attached hydrogens (tertiary/aromatic N) is 2. The first-order valence-corrected chi connectivity index (χ1v) is 11.0. The predicted molar refractivity (Wildman–Crippen MR) is 120 cm³/mol. The lowest BCUT2D eigenvalue weighted by Crippen LogP contribution is -2.28. The number of amides is 2. The predicted octanol–water partition coefficient (Wildman–Crippen LogP) is 5.34. The van der Waals surface area contributed by atoms with Crippen LogP contribution in [0.2, 0.25) is 5.02 Å². The lowest BCUT2D eigenvalue weighted by molar-refractivity contribution is -0.118. The quantitative estimate of drug-likeness (QED) is 0.627. The van der Waals surface area contributed by atoms with E-state index in [1.165, 1.54) is 0 Å². The molecule has 8 heteroatoms. The van der Waals surface area contributed by atoms with Crippen molar-refractivity contribution in [2.24, 2.45) is 10.9 Å². The van der Waals surface area contributed by atoms with Gasteiger partial charge in [-0.15, -0.1) is 0 Å². The maximum absolute atomic E-state index is 12.3. The summed E-state index contributed by atoms with van der Waals surface area (Å²) in [5.74, 6) is -1.37. The third-order valence-electron chi connectivity index (χ3n) is 4.50. The maximum Gasteiger partial charge on any atom is 0.247 e. The number of hydrogen-bond donors (Lipinski definition) is 1. The Morgan fingerprint density at radius 3 is 2.72 bits per heavy atom. The Balaban J connectivity index is 1.70. The van der Waals surface area contributed by atoms with Crippen LogP contribution in [0.1, 0.15) is 23.5 Å². The van der Waals surface area contributed by atoms with Gasteiger partial charge in [-0.25, -0.2) is 4.99 Å². The van der Waals surface area contributed by atoms with Crippen molar-refractivity contribution in [3.8, 4) is 6.07 Å². The Hall–Kier alpha value is -2.14. The zero-order valence-electron chi connectivity index (χ0n) is 15.5. The van der Waals surface area contributed by atoms with Crippen molar-refractivity contribution in [2.75, 3.05) is 11.1 Å². The fourth-order valence-corrected chi connectivity index (χ4v) is 4.66. The number of nitrogens with one attached hydrogen (secondary N) is 1. The van der Waals surface area contributed by atoms with Crippen LogP contribution in [0.5, 0.6) is 0 Å². The number of nitriles is 1. The highest BCUT2D eigenvalue weighted by Gasteiger charge is 2.34. The molecule has 0 radical (unpaired) electrons. The number of carbonyl (C=O) groups is 2. The number of halogens is 2. The highest BCUT2D eigenvalue weighted by atomic mass is 79.9. The van der Waals surface area contributed by atoms with Crippen LogP contribution < -0.4 is 5.32 Å². The summed E-state index contributed by atoms with van der Waals surface area (Å²) in [6, 6.07) is 15.2. The summed E-state index contributed by atoms with van der Waals surface area (Å²) in [7, 11) is 0. The highest BCUT2D eigenvalue weighted by molar-refractivity contribution is 9.10. The van der Waals surface area contributed by atoms with Gasteiger partial charge in [-0.3, -0.25) is 9.59 Å². The molecule has 1 heterocycles. The number of carbonyl (C=O) groups excluding carboxylic acids is 2. The van der Waals surface area contributed by atoms with E-state index in [2.05, 4.69) is 32.3 Å². The number of hydrogen-bond acceptors (Lipinski definition) is 4. The second-order valence-electron chi connectivity index (χ2n) is 6.63. The largest absolute Gasteiger partial charge is 0.324 e. The Labute approximate surface area is 186 Å². The van der Waals surface area contributed by atoms with Crippen molar-refractivity contribution < 1.29 is 9.59 Å². The molecular formula is C21H17BrClN3O2S. The molecule has 0 bridgehead atoms. The van der Waals surface area contributed by atoms with Crippen molar-refractivity contribution in [1.29, 1.82) is 5.26 Å². The van der Waals surface area contributed by atoms with Crippen LogP contribution in [-0.2, 0) is 9.59 Å². The third kappa shape index (κ3) is 5.47. The number of thioether (sulfide) groups is 1. The number of aryl methyl sites for hydroxylation is 1. The van der Waals surface area contributed by atoms with E-state index in [0.717, 1.165) is 27.4 Å². The van der Waals surface area contributed by atoms with E-state index in [1.807, 2.05) is 31.2 Å². The number of rotatable bonds is 4. The van der Waals surface area contributed by atoms with Crippen molar-refractivity contribution in [3.05, 3.63) is 63.1 Å². The molecule has 2 unspecified atom stereocenters. The lowest BCUT2D eigenvalue weighted by Gasteiger charge is -2.26. The molecule has 0 saturated heterocycles. The van der Waals surface area contributed by atoms with Gasteiger partial charge in [0.1, 0.15) is 5.92 Å². The molecule has 0 fully saturated rings. The molecule has 3 rings (SSSR count). The minimum atomic E-state index is -0.565. The van der Waals surface area contributed by atoms with Gasteiger partial charge in [-0.2, -0.15) is 5.26 Å². The zero-order chi connectivity index (χ0) is 21.0. The van der Waals surface area contributed by atoms with Gasteiger partial charge >= 0.3 is 0 Å². The van der Waals surface area contributed by atoms with Crippen LogP contribution in [0, 0.1) is 24.2 Å². The van der Waals surface area contributed by atoms with Crippen LogP contribution >= 0.6 is 39.3 Å². The molecule has 1 aliphatic rings. The maximum atomic E-state index is 12.3. The summed E-state index contributed by atoms with van der Waals surface area (Å²) in [6.45, 7) is 1.98. The standard InChI is InChI=1S/C21H17BrClN3O2S/c1-12-2-4-13(5-3-12)15-9-19(27)26-21(16(15)10-24)29-11-20(28)25-18-7-6-14(22)8-17(18)23/h2-8,15-16H,9,11H2,1H3,(H,25,28). The second-order valence-corrected chi connectivity index (χ2v) is 8.95. The molecule has 0 aromatic heterocycles. The van der Waals surface area contributed by atoms with Crippen LogP contribution in [-0.4, -0.2) is 22.6 Å². The van der Waals surface area contributed by atoms with Crippen LogP contribution in [0.25, 0.3) is 0 Å². The van der Waals surface area contributed by atoms with E-state index in [4.69, 9.17) is 11.6 Å². The van der Waals surface area contributed by atoms with E-state index in [9.17, 15) is 14.9 Å². The van der Waals surface area contributed by atoms with Gasteiger partial charge in [0, 0.05) is 16.8 Å². The van der Waals surface area contributed by atoms with Crippen molar-refractivity contribution >= 4 is 61.8 Å². The second kappa shape index (κ2) is 9.57. The number of anilines is 1. The molecule has 1 aliphatic heterocycles. The first-order valence-electron chi connectivity index (χ1n) is 8.82. The van der Waals surface area contributed by atoms with Gasteiger partial charge in [0.25, 0.3) is 0 Å². The Kier molecular flexibility index (Phi) is 7.12. The molecule has 0 saturated carbocycles. The fraction of sp³-hybridized carbons (Fsp3) is 0.238. The average molecular weight is 491 g/mol. The molecule has 2 atom stereocenters. The molecule has 0 aliphatic carbocycles. The monoisotopic (exact) mass is 489 g/mol. The first-order chi connectivity index (χ1) is 13.9. The smallest absolute Gasteiger partial charge is 0.247 e. The minimum Gasteiger partial charge on any atom is -0.324 e. The van der Waals surface area contributed by atoms with Gasteiger partial charge in [-0.05, 0) is 30.7 Å². The summed E-state index contributed by atoms with van der Waals surface area (Å²) in [5, 5.41) is 13.2. The van der Waals surface area contributed by atoms with Gasteiger partial charge in [0.05, 0.1) is 27.6 Å². The van der Waals surface area contributed by atoms with Crippen molar-refractivity contribution in [1.82, 2.24) is 0 Å². The van der Waals surface area contributed by atoms with Gasteiger partial charge in [0.15, 0.2) is 0 Å². The van der Waals surface area contributed by atoms with Crippen molar-refractivity contribution in [3.63, 3.8) is 0 Å². The Bertz CT molecular complexity index is 1020. The van der Waals surface area contributed by atoms with Crippen LogP contribution in [0.4, 0.5) is 5.69 Å². The molecule has 2 aromatic rings. The Morgan fingerprint density at radius 1 is 1.34 bits per heavy atom. The average Bonchev–Trinajstić information content (AvgIpc) is 2.68. The SMILES string of the molecule is Cc1ccc(C2CC(=O)N=C(SCC(=O)Nc3ccc(Br)cc3Cl)C2C#N)cc1. The fourth-order valence-electron chi connectivity index (χ4n) is 3.02. The van der Waals surface area contributed by atoms with E-state index in [-0.39, 0.29) is 29.9 Å². The van der Waals surface area contributed by atoms with Crippen molar-refractivity contribution in [2.45, 2.75) is 19.3 Å².